The number of nitrogens with two attached hydrogens (primary N) is 1. The van der Waals surface area contributed by atoms with Crippen LogP contribution < -0.4 is 5.73 Å². The quantitative estimate of drug-likeness (QED) is 0.696. The molecule has 0 amide bonds. The first-order chi connectivity index (χ1) is 9.63. The minimum Gasteiger partial charge on any atom is -0.399 e. The highest BCUT2D eigenvalue weighted by Crippen LogP contribution is 2.30. The van der Waals surface area contributed by atoms with Gasteiger partial charge in [0, 0.05) is 15.7 Å². The third kappa shape index (κ3) is 2.55. The maximum atomic E-state index is 6.13. The number of halogens is 2. The lowest BCUT2D eigenvalue weighted by atomic mass is 10.2. The van der Waals surface area contributed by atoms with E-state index in [2.05, 4.69) is 26.1 Å². The van der Waals surface area contributed by atoms with Crippen LogP contribution in [0.3, 0.4) is 0 Å². The van der Waals surface area contributed by atoms with Crippen LogP contribution in [0.25, 0.3) is 22.8 Å². The van der Waals surface area contributed by atoms with Crippen molar-refractivity contribution >= 4 is 33.2 Å². The molecule has 0 atom stereocenters. The molecular formula is C14H9BrClN3O. The molecule has 0 saturated carbocycles. The van der Waals surface area contributed by atoms with Gasteiger partial charge in [0.2, 0.25) is 5.82 Å². The lowest BCUT2D eigenvalue weighted by molar-refractivity contribution is 0.432. The first kappa shape index (κ1) is 13.1. The number of anilines is 1. The molecule has 0 fully saturated rings. The molecule has 0 unspecified atom stereocenters. The molecule has 1 aromatic heterocycles. The maximum absolute atomic E-state index is 6.13. The van der Waals surface area contributed by atoms with Crippen LogP contribution in [0.2, 0.25) is 5.02 Å². The van der Waals surface area contributed by atoms with E-state index < -0.39 is 0 Å². The number of nitrogens with zero attached hydrogens (tertiary/aromatic N) is 2. The van der Waals surface area contributed by atoms with Gasteiger partial charge in [0.25, 0.3) is 5.89 Å². The van der Waals surface area contributed by atoms with Crippen LogP contribution in [0.1, 0.15) is 0 Å². The van der Waals surface area contributed by atoms with Gasteiger partial charge in [-0.05, 0) is 30.3 Å². The summed E-state index contributed by atoms with van der Waals surface area (Å²) in [4.78, 5) is 4.36. The second-order valence-electron chi connectivity index (χ2n) is 4.17. The van der Waals surface area contributed by atoms with Gasteiger partial charge in [-0.2, -0.15) is 4.98 Å². The molecule has 2 N–H and O–H groups in total. The van der Waals surface area contributed by atoms with Crippen molar-refractivity contribution in [3.8, 4) is 22.8 Å². The minimum absolute atomic E-state index is 0.366. The average molecular weight is 351 g/mol. The zero-order valence-electron chi connectivity index (χ0n) is 10.2. The number of hydrogen-bond donors (Lipinski definition) is 1. The summed E-state index contributed by atoms with van der Waals surface area (Å²) in [6.07, 6.45) is 0. The normalized spacial score (nSPS) is 10.7. The fourth-order valence-electron chi connectivity index (χ4n) is 1.78. The Kier molecular flexibility index (Phi) is 3.46. The Morgan fingerprint density at radius 2 is 2.00 bits per heavy atom. The third-order valence-corrected chi connectivity index (χ3v) is 3.54. The number of aromatic nitrogens is 2. The van der Waals surface area contributed by atoms with Crippen LogP contribution in [0, 0.1) is 0 Å². The van der Waals surface area contributed by atoms with Gasteiger partial charge in [-0.15, -0.1) is 0 Å². The molecule has 0 bridgehead atoms. The SMILES string of the molecule is Nc1ccc(-c2nc(-c3cccc(Br)c3)no2)c(Cl)c1. The standard InChI is InChI=1S/C14H9BrClN3O/c15-9-3-1-2-8(6-9)13-18-14(20-19-13)11-5-4-10(17)7-12(11)16/h1-7H,17H2. The summed E-state index contributed by atoms with van der Waals surface area (Å²) in [5.41, 5.74) is 7.77. The van der Waals surface area contributed by atoms with Gasteiger partial charge in [0.05, 0.1) is 10.6 Å². The van der Waals surface area contributed by atoms with Gasteiger partial charge in [-0.25, -0.2) is 0 Å². The molecule has 0 aliphatic heterocycles. The Hall–Kier alpha value is -1.85. The number of nitrogen functional groups attached to an aromatic ring is 1. The molecule has 0 radical (unpaired) electrons. The molecule has 6 heteroatoms. The summed E-state index contributed by atoms with van der Waals surface area (Å²) >= 11 is 9.54. The van der Waals surface area contributed by atoms with Gasteiger partial charge < -0.3 is 10.3 Å². The lowest BCUT2D eigenvalue weighted by Gasteiger charge is -1.99. The molecule has 0 aliphatic rings. The molecule has 0 saturated heterocycles. The summed E-state index contributed by atoms with van der Waals surface area (Å²) in [5, 5.41) is 4.45. The van der Waals surface area contributed by atoms with Crippen molar-refractivity contribution in [2.45, 2.75) is 0 Å². The van der Waals surface area contributed by atoms with Crippen molar-refractivity contribution in [3.05, 3.63) is 52.0 Å². The zero-order chi connectivity index (χ0) is 14.1. The van der Waals surface area contributed by atoms with Crippen molar-refractivity contribution in [2.24, 2.45) is 0 Å². The van der Waals surface area contributed by atoms with Crippen molar-refractivity contribution < 1.29 is 4.52 Å². The van der Waals surface area contributed by atoms with E-state index in [1.165, 1.54) is 0 Å². The first-order valence-electron chi connectivity index (χ1n) is 5.78. The predicted molar refractivity (Wildman–Crippen MR) is 82.3 cm³/mol. The van der Waals surface area contributed by atoms with Gasteiger partial charge in [-0.3, -0.25) is 0 Å². The minimum atomic E-state index is 0.366. The van der Waals surface area contributed by atoms with Gasteiger partial charge >= 0.3 is 0 Å². The monoisotopic (exact) mass is 349 g/mol. The van der Waals surface area contributed by atoms with E-state index >= 15 is 0 Å². The molecule has 1 heterocycles. The molecule has 3 rings (SSSR count). The van der Waals surface area contributed by atoms with Crippen LogP contribution >= 0.6 is 27.5 Å². The fraction of sp³-hybridized carbons (Fsp3) is 0. The topological polar surface area (TPSA) is 64.9 Å². The van der Waals surface area contributed by atoms with E-state index in [4.69, 9.17) is 21.9 Å². The van der Waals surface area contributed by atoms with Crippen LogP contribution in [-0.4, -0.2) is 10.1 Å². The Morgan fingerprint density at radius 1 is 1.15 bits per heavy atom. The van der Waals surface area contributed by atoms with E-state index in [-0.39, 0.29) is 0 Å². The molecule has 2 aromatic carbocycles. The summed E-state index contributed by atoms with van der Waals surface area (Å²) in [6, 6.07) is 12.8. The average Bonchev–Trinajstić information content (AvgIpc) is 2.88. The van der Waals surface area contributed by atoms with Gasteiger partial charge in [0.1, 0.15) is 0 Å². The Balaban J connectivity index is 2.02. The molecule has 20 heavy (non-hydrogen) atoms. The summed E-state index contributed by atoms with van der Waals surface area (Å²) < 4.78 is 6.21. The van der Waals surface area contributed by atoms with Crippen LogP contribution in [0.15, 0.2) is 51.5 Å². The van der Waals surface area contributed by atoms with E-state index in [1.807, 2.05) is 24.3 Å². The number of hydrogen-bond acceptors (Lipinski definition) is 4. The molecule has 4 nitrogen and oxygen atoms in total. The fourth-order valence-corrected chi connectivity index (χ4v) is 2.45. The van der Waals surface area contributed by atoms with Crippen molar-refractivity contribution in [3.63, 3.8) is 0 Å². The molecule has 3 aromatic rings. The van der Waals surface area contributed by atoms with E-state index in [0.717, 1.165) is 10.0 Å². The highest BCUT2D eigenvalue weighted by atomic mass is 79.9. The van der Waals surface area contributed by atoms with Crippen molar-refractivity contribution in [2.75, 3.05) is 5.73 Å². The molecule has 0 aliphatic carbocycles. The maximum Gasteiger partial charge on any atom is 0.259 e. The largest absolute Gasteiger partial charge is 0.399 e. The summed E-state index contributed by atoms with van der Waals surface area (Å²) in [6.45, 7) is 0. The Morgan fingerprint density at radius 3 is 2.75 bits per heavy atom. The van der Waals surface area contributed by atoms with Crippen molar-refractivity contribution in [1.29, 1.82) is 0 Å². The molecule has 100 valence electrons. The molecule has 0 spiro atoms. The van der Waals surface area contributed by atoms with Crippen molar-refractivity contribution in [1.82, 2.24) is 10.1 Å². The number of rotatable bonds is 2. The smallest absolute Gasteiger partial charge is 0.259 e. The summed E-state index contributed by atoms with van der Waals surface area (Å²) in [7, 11) is 0. The second-order valence-corrected chi connectivity index (χ2v) is 5.50. The van der Waals surface area contributed by atoms with E-state index in [9.17, 15) is 0 Å². The van der Waals surface area contributed by atoms with E-state index in [1.54, 1.807) is 18.2 Å². The Bertz CT molecular complexity index is 773. The van der Waals surface area contributed by atoms with Gasteiger partial charge in [-0.1, -0.05) is 44.8 Å². The third-order valence-electron chi connectivity index (χ3n) is 2.73. The first-order valence-corrected chi connectivity index (χ1v) is 6.95. The van der Waals surface area contributed by atoms with Gasteiger partial charge in [0.15, 0.2) is 0 Å². The lowest BCUT2D eigenvalue weighted by Crippen LogP contribution is -1.86. The number of benzene rings is 2. The van der Waals surface area contributed by atoms with Crippen LogP contribution in [0.5, 0.6) is 0 Å². The van der Waals surface area contributed by atoms with Crippen LogP contribution in [-0.2, 0) is 0 Å². The zero-order valence-corrected chi connectivity index (χ0v) is 12.5. The second kappa shape index (κ2) is 5.26. The summed E-state index contributed by atoms with van der Waals surface area (Å²) in [5.74, 6) is 0.874. The van der Waals surface area contributed by atoms with Crippen LogP contribution in [0.4, 0.5) is 5.69 Å². The predicted octanol–water partition coefficient (Wildman–Crippen LogP) is 4.40. The molecular weight excluding hydrogens is 342 g/mol. The highest BCUT2D eigenvalue weighted by molar-refractivity contribution is 9.10. The Labute approximate surface area is 128 Å². The van der Waals surface area contributed by atoms with E-state index in [0.29, 0.717) is 28.0 Å². The highest BCUT2D eigenvalue weighted by Gasteiger charge is 2.13.